The van der Waals surface area contributed by atoms with Gasteiger partial charge < -0.3 is 4.74 Å². The summed E-state index contributed by atoms with van der Waals surface area (Å²) >= 11 is 7.42. The van der Waals surface area contributed by atoms with Crippen molar-refractivity contribution in [3.05, 3.63) is 138 Å². The molecule has 0 spiro atoms. The summed E-state index contributed by atoms with van der Waals surface area (Å²) in [5, 5.41) is 5.48. The molecule has 6 rings (SSSR count). The average molecular weight is 567 g/mol. The zero-order chi connectivity index (χ0) is 27.8. The SMILES string of the molecule is COC(=O)C1=C(C)N=c2sc(=Cc3cn(-c4ccccc4)nc3-c3ccc(Cl)cc3)c(=O)n2[C@@H]1c1ccccc1. The molecule has 0 aliphatic carbocycles. The van der Waals surface area contributed by atoms with Gasteiger partial charge in [-0.3, -0.25) is 9.36 Å². The number of rotatable bonds is 5. The van der Waals surface area contributed by atoms with E-state index in [1.807, 2.05) is 97.2 Å². The summed E-state index contributed by atoms with van der Waals surface area (Å²) < 4.78 is 8.93. The Balaban J connectivity index is 1.57. The number of hydrogen-bond donors (Lipinski definition) is 0. The maximum absolute atomic E-state index is 14.0. The van der Waals surface area contributed by atoms with Crippen molar-refractivity contribution in [1.82, 2.24) is 14.3 Å². The molecule has 1 atom stereocenters. The summed E-state index contributed by atoms with van der Waals surface area (Å²) in [6.45, 7) is 1.77. The molecule has 9 heteroatoms. The van der Waals surface area contributed by atoms with Crippen LogP contribution in [0.15, 0.2) is 112 Å². The summed E-state index contributed by atoms with van der Waals surface area (Å²) in [7, 11) is 1.33. The van der Waals surface area contributed by atoms with Gasteiger partial charge in [0, 0.05) is 22.3 Å². The number of carbonyl (C=O) groups is 1. The first-order chi connectivity index (χ1) is 19.4. The molecule has 5 aromatic rings. The van der Waals surface area contributed by atoms with Gasteiger partial charge in [0.1, 0.15) is 5.69 Å². The Morgan fingerprint density at radius 2 is 1.68 bits per heavy atom. The third-order valence-electron chi connectivity index (χ3n) is 6.71. The number of hydrogen-bond acceptors (Lipinski definition) is 6. The number of fused-ring (bicyclic) bond motifs is 1. The van der Waals surface area contributed by atoms with Gasteiger partial charge in [-0.1, -0.05) is 83.6 Å². The molecule has 2 aromatic heterocycles. The number of thiazole rings is 1. The van der Waals surface area contributed by atoms with Crippen LogP contribution in [0.4, 0.5) is 0 Å². The molecule has 1 aliphatic heterocycles. The summed E-state index contributed by atoms with van der Waals surface area (Å²) in [4.78, 5) is 32.0. The maximum atomic E-state index is 14.0. The molecule has 0 amide bonds. The van der Waals surface area contributed by atoms with Gasteiger partial charge in [0.05, 0.1) is 34.6 Å². The molecule has 198 valence electrons. The van der Waals surface area contributed by atoms with E-state index in [-0.39, 0.29) is 5.56 Å². The van der Waals surface area contributed by atoms with E-state index in [0.717, 1.165) is 22.4 Å². The molecule has 40 heavy (non-hydrogen) atoms. The number of carbonyl (C=O) groups excluding carboxylic acids is 1. The van der Waals surface area contributed by atoms with Gasteiger partial charge in [-0.2, -0.15) is 5.10 Å². The first kappa shape index (κ1) is 25.7. The van der Waals surface area contributed by atoms with E-state index in [0.29, 0.717) is 31.3 Å². The van der Waals surface area contributed by atoms with Crippen molar-refractivity contribution in [2.45, 2.75) is 13.0 Å². The fourth-order valence-corrected chi connectivity index (χ4v) is 5.99. The molecule has 0 fully saturated rings. The van der Waals surface area contributed by atoms with Crippen molar-refractivity contribution < 1.29 is 9.53 Å². The second kappa shape index (κ2) is 10.6. The van der Waals surface area contributed by atoms with Crippen LogP contribution in [0.3, 0.4) is 0 Å². The number of esters is 1. The Morgan fingerprint density at radius 1 is 1.00 bits per heavy atom. The molecule has 0 bridgehead atoms. The number of allylic oxidation sites excluding steroid dienone is 1. The summed E-state index contributed by atoms with van der Waals surface area (Å²) in [5.74, 6) is -0.515. The summed E-state index contributed by atoms with van der Waals surface area (Å²) in [5.41, 5.74) is 4.63. The predicted octanol–water partition coefficient (Wildman–Crippen LogP) is 4.91. The fourth-order valence-electron chi connectivity index (χ4n) is 4.82. The second-order valence-corrected chi connectivity index (χ2v) is 10.6. The monoisotopic (exact) mass is 566 g/mol. The van der Waals surface area contributed by atoms with Crippen LogP contribution in [0.1, 0.15) is 24.1 Å². The third kappa shape index (κ3) is 4.61. The van der Waals surface area contributed by atoms with Gasteiger partial charge in [-0.15, -0.1) is 0 Å². The first-order valence-corrected chi connectivity index (χ1v) is 13.7. The van der Waals surface area contributed by atoms with Crippen LogP contribution in [0.2, 0.25) is 5.02 Å². The number of benzene rings is 3. The smallest absolute Gasteiger partial charge is 0.338 e. The minimum Gasteiger partial charge on any atom is -0.466 e. The highest BCUT2D eigenvalue weighted by molar-refractivity contribution is 7.07. The third-order valence-corrected chi connectivity index (χ3v) is 7.94. The summed E-state index contributed by atoms with van der Waals surface area (Å²) in [6.07, 6.45) is 3.73. The lowest BCUT2D eigenvalue weighted by atomic mass is 9.96. The van der Waals surface area contributed by atoms with Crippen molar-refractivity contribution in [3.63, 3.8) is 0 Å². The number of ether oxygens (including phenoxy) is 1. The van der Waals surface area contributed by atoms with Crippen LogP contribution in [-0.2, 0) is 9.53 Å². The zero-order valence-electron chi connectivity index (χ0n) is 21.6. The molecule has 7 nitrogen and oxygen atoms in total. The van der Waals surface area contributed by atoms with Crippen molar-refractivity contribution in [1.29, 1.82) is 0 Å². The van der Waals surface area contributed by atoms with Gasteiger partial charge in [-0.25, -0.2) is 14.5 Å². The normalized spacial score (nSPS) is 15.1. The average Bonchev–Trinajstić information content (AvgIpc) is 3.54. The molecule has 0 saturated carbocycles. The topological polar surface area (TPSA) is 78.5 Å². The zero-order valence-corrected chi connectivity index (χ0v) is 23.2. The van der Waals surface area contributed by atoms with Gasteiger partial charge in [-0.05, 0) is 42.8 Å². The van der Waals surface area contributed by atoms with E-state index in [1.165, 1.54) is 18.4 Å². The molecule has 0 unspecified atom stereocenters. The summed E-state index contributed by atoms with van der Waals surface area (Å²) in [6, 6.07) is 26.0. The van der Waals surface area contributed by atoms with Crippen molar-refractivity contribution in [2.75, 3.05) is 7.11 Å². The molecule has 0 radical (unpaired) electrons. The Labute approximate surface area is 238 Å². The maximum Gasteiger partial charge on any atom is 0.338 e. The number of methoxy groups -OCH3 is 1. The van der Waals surface area contributed by atoms with Crippen molar-refractivity contribution in [3.8, 4) is 16.9 Å². The van der Waals surface area contributed by atoms with Crippen LogP contribution in [0.5, 0.6) is 0 Å². The molecule has 3 heterocycles. The molecule has 3 aromatic carbocycles. The highest BCUT2D eigenvalue weighted by Crippen LogP contribution is 2.30. The van der Waals surface area contributed by atoms with Gasteiger partial charge in [0.2, 0.25) is 0 Å². The van der Waals surface area contributed by atoms with Gasteiger partial charge in [0.25, 0.3) is 5.56 Å². The van der Waals surface area contributed by atoms with Gasteiger partial charge in [0.15, 0.2) is 4.80 Å². The van der Waals surface area contributed by atoms with Crippen LogP contribution in [-0.4, -0.2) is 27.4 Å². The van der Waals surface area contributed by atoms with E-state index >= 15 is 0 Å². The van der Waals surface area contributed by atoms with Gasteiger partial charge >= 0.3 is 5.97 Å². The minimum absolute atomic E-state index is 0.249. The Kier molecular flexibility index (Phi) is 6.79. The lowest BCUT2D eigenvalue weighted by molar-refractivity contribution is -0.136. The Morgan fingerprint density at radius 3 is 2.35 bits per heavy atom. The first-order valence-electron chi connectivity index (χ1n) is 12.5. The highest BCUT2D eigenvalue weighted by atomic mass is 35.5. The molecule has 1 aliphatic rings. The number of halogens is 1. The Bertz CT molecular complexity index is 1940. The largest absolute Gasteiger partial charge is 0.466 e. The van der Waals surface area contributed by atoms with Crippen LogP contribution in [0, 0.1) is 0 Å². The Hall–Kier alpha value is -4.53. The van der Waals surface area contributed by atoms with Crippen molar-refractivity contribution >= 4 is 35.0 Å². The molecular weight excluding hydrogens is 544 g/mol. The van der Waals surface area contributed by atoms with E-state index < -0.39 is 12.0 Å². The lowest BCUT2D eigenvalue weighted by Gasteiger charge is -2.24. The number of aromatic nitrogens is 3. The van der Waals surface area contributed by atoms with Crippen LogP contribution >= 0.6 is 22.9 Å². The standard InChI is InChI=1S/C31H23ClN4O3S/c1-19-26(30(38)39-2)28(21-9-5-3-6-10-21)36-29(37)25(40-31(36)33-19)17-22-18-35(24-11-7-4-8-12-24)34-27(22)20-13-15-23(32)16-14-20/h3-18,28H,1-2H3/t28-/m1/s1. The van der Waals surface area contributed by atoms with E-state index in [2.05, 4.69) is 4.99 Å². The minimum atomic E-state index is -0.658. The van der Waals surface area contributed by atoms with E-state index in [9.17, 15) is 9.59 Å². The fraction of sp³-hybridized carbons (Fsp3) is 0.0968. The van der Waals surface area contributed by atoms with E-state index in [4.69, 9.17) is 21.4 Å². The van der Waals surface area contributed by atoms with Crippen LogP contribution < -0.4 is 14.9 Å². The lowest BCUT2D eigenvalue weighted by Crippen LogP contribution is -2.39. The second-order valence-electron chi connectivity index (χ2n) is 9.20. The molecular formula is C31H23ClN4O3S. The van der Waals surface area contributed by atoms with Crippen LogP contribution in [0.25, 0.3) is 23.0 Å². The quantitative estimate of drug-likeness (QED) is 0.283. The highest BCUT2D eigenvalue weighted by Gasteiger charge is 2.33. The number of para-hydroxylation sites is 1. The molecule has 0 saturated heterocycles. The molecule has 0 N–H and O–H groups in total. The van der Waals surface area contributed by atoms with E-state index in [1.54, 1.807) is 16.2 Å². The number of nitrogens with zero attached hydrogens (tertiary/aromatic N) is 4. The predicted molar refractivity (Wildman–Crippen MR) is 156 cm³/mol. The van der Waals surface area contributed by atoms with Crippen molar-refractivity contribution in [2.24, 2.45) is 4.99 Å².